The van der Waals surface area contributed by atoms with E-state index in [9.17, 15) is 14.0 Å². The molecule has 0 saturated carbocycles. The van der Waals surface area contributed by atoms with Crippen LogP contribution in [0, 0.1) is 5.82 Å². The molecule has 0 spiro atoms. The number of halogens is 1. The lowest BCUT2D eigenvalue weighted by atomic mass is 10.1. The number of piperidine rings is 1. The van der Waals surface area contributed by atoms with Crippen molar-refractivity contribution in [2.75, 3.05) is 19.8 Å². The Kier molecular flexibility index (Phi) is 4.59. The van der Waals surface area contributed by atoms with E-state index in [1.165, 1.54) is 23.5 Å². The summed E-state index contributed by atoms with van der Waals surface area (Å²) in [5.74, 6) is -0.647. The quantitative estimate of drug-likeness (QED) is 0.801. The summed E-state index contributed by atoms with van der Waals surface area (Å²) in [5.41, 5.74) is 0.587. The van der Waals surface area contributed by atoms with E-state index in [0.29, 0.717) is 17.1 Å². The molecule has 0 atom stereocenters. The van der Waals surface area contributed by atoms with E-state index in [4.69, 9.17) is 0 Å². The van der Waals surface area contributed by atoms with Crippen molar-refractivity contribution < 1.29 is 14.0 Å². The zero-order valence-electron chi connectivity index (χ0n) is 12.1. The molecular formula is C16H17FN2O2S. The summed E-state index contributed by atoms with van der Waals surface area (Å²) in [5, 5.41) is -0.252. The van der Waals surface area contributed by atoms with Gasteiger partial charge in [0.05, 0.1) is 11.6 Å². The summed E-state index contributed by atoms with van der Waals surface area (Å²) in [6.07, 6.45) is 4.99. The van der Waals surface area contributed by atoms with E-state index in [0.717, 1.165) is 37.7 Å². The highest BCUT2D eigenvalue weighted by Crippen LogP contribution is 2.32. The SMILES string of the molecule is O=C1S/C(=C/c2cccc(F)c2)C(=O)N1CN1CCCCC1. The van der Waals surface area contributed by atoms with Gasteiger partial charge in [-0.15, -0.1) is 0 Å². The van der Waals surface area contributed by atoms with Gasteiger partial charge in [-0.1, -0.05) is 18.6 Å². The molecule has 0 N–H and O–H groups in total. The third-order valence-corrected chi connectivity index (χ3v) is 4.72. The normalized spacial score (nSPS) is 21.9. The van der Waals surface area contributed by atoms with Crippen molar-refractivity contribution >= 4 is 29.0 Å². The van der Waals surface area contributed by atoms with E-state index in [1.807, 2.05) is 0 Å². The van der Waals surface area contributed by atoms with Gasteiger partial charge in [0, 0.05) is 0 Å². The van der Waals surface area contributed by atoms with Crippen molar-refractivity contribution in [3.8, 4) is 0 Å². The zero-order chi connectivity index (χ0) is 15.5. The minimum Gasteiger partial charge on any atom is -0.286 e. The number of thioether (sulfide) groups is 1. The van der Waals surface area contributed by atoms with Gasteiger partial charge in [-0.2, -0.15) is 0 Å². The van der Waals surface area contributed by atoms with Gasteiger partial charge in [0.1, 0.15) is 5.82 Å². The molecule has 0 unspecified atom stereocenters. The number of likely N-dealkylation sites (tertiary alicyclic amines) is 1. The summed E-state index contributed by atoms with van der Waals surface area (Å²) in [6.45, 7) is 2.19. The molecule has 2 aliphatic heterocycles. The van der Waals surface area contributed by atoms with Crippen molar-refractivity contribution in [2.45, 2.75) is 19.3 Å². The van der Waals surface area contributed by atoms with Gasteiger partial charge in [0.15, 0.2) is 0 Å². The summed E-state index contributed by atoms with van der Waals surface area (Å²) < 4.78 is 13.2. The molecule has 0 aliphatic carbocycles. The molecule has 3 rings (SSSR count). The summed E-state index contributed by atoms with van der Waals surface area (Å²) in [4.78, 5) is 28.2. The molecule has 0 radical (unpaired) electrons. The van der Waals surface area contributed by atoms with Crippen LogP contribution in [0.2, 0.25) is 0 Å². The highest BCUT2D eigenvalue weighted by Gasteiger charge is 2.36. The first-order chi connectivity index (χ1) is 10.6. The molecule has 1 aromatic rings. The van der Waals surface area contributed by atoms with Crippen molar-refractivity contribution in [3.05, 3.63) is 40.6 Å². The summed E-state index contributed by atoms with van der Waals surface area (Å²) >= 11 is 0.920. The minimum absolute atomic E-state index is 0.252. The van der Waals surface area contributed by atoms with Gasteiger partial charge in [-0.3, -0.25) is 19.4 Å². The zero-order valence-corrected chi connectivity index (χ0v) is 12.9. The van der Waals surface area contributed by atoms with Gasteiger partial charge in [0.25, 0.3) is 11.1 Å². The lowest BCUT2D eigenvalue weighted by molar-refractivity contribution is -0.124. The van der Waals surface area contributed by atoms with Crippen LogP contribution >= 0.6 is 11.8 Å². The Bertz CT molecular complexity index is 626. The lowest BCUT2D eigenvalue weighted by Crippen LogP contribution is -2.42. The maximum absolute atomic E-state index is 13.2. The van der Waals surface area contributed by atoms with Gasteiger partial charge < -0.3 is 0 Å². The largest absolute Gasteiger partial charge is 0.294 e. The molecule has 2 heterocycles. The van der Waals surface area contributed by atoms with Crippen LogP contribution in [0.4, 0.5) is 9.18 Å². The maximum Gasteiger partial charge on any atom is 0.294 e. The van der Waals surface area contributed by atoms with Crippen LogP contribution < -0.4 is 0 Å². The predicted octanol–water partition coefficient (Wildman–Crippen LogP) is 3.31. The van der Waals surface area contributed by atoms with Gasteiger partial charge in [0.2, 0.25) is 0 Å². The molecule has 0 bridgehead atoms. The molecule has 0 aromatic heterocycles. The second kappa shape index (κ2) is 6.62. The number of nitrogens with zero attached hydrogens (tertiary/aromatic N) is 2. The van der Waals surface area contributed by atoms with E-state index in [1.54, 1.807) is 18.2 Å². The molecule has 1 aromatic carbocycles. The number of hydrogen-bond donors (Lipinski definition) is 0. The first kappa shape index (κ1) is 15.2. The number of benzene rings is 1. The summed E-state index contributed by atoms with van der Waals surface area (Å²) in [6, 6.07) is 5.98. The number of imide groups is 1. The lowest BCUT2D eigenvalue weighted by Gasteiger charge is -2.29. The maximum atomic E-state index is 13.2. The van der Waals surface area contributed by atoms with E-state index in [2.05, 4.69) is 4.90 Å². The molecule has 2 fully saturated rings. The highest BCUT2D eigenvalue weighted by molar-refractivity contribution is 8.18. The number of carbonyl (C=O) groups is 2. The first-order valence-corrected chi connectivity index (χ1v) is 8.18. The molecule has 6 heteroatoms. The van der Waals surface area contributed by atoms with Gasteiger partial charge >= 0.3 is 0 Å². The fraction of sp³-hybridized carbons (Fsp3) is 0.375. The molecule has 2 aliphatic rings. The Morgan fingerprint density at radius 3 is 2.68 bits per heavy atom. The van der Waals surface area contributed by atoms with Crippen LogP contribution in [0.5, 0.6) is 0 Å². The first-order valence-electron chi connectivity index (χ1n) is 7.37. The Labute approximate surface area is 133 Å². The average molecular weight is 320 g/mol. The number of rotatable bonds is 3. The van der Waals surface area contributed by atoms with Crippen LogP contribution in [-0.4, -0.2) is 40.7 Å². The van der Waals surface area contributed by atoms with Crippen molar-refractivity contribution in [3.63, 3.8) is 0 Å². The molecule has 2 saturated heterocycles. The van der Waals surface area contributed by atoms with E-state index < -0.39 is 0 Å². The van der Waals surface area contributed by atoms with Crippen molar-refractivity contribution in [1.82, 2.24) is 9.80 Å². The molecule has 116 valence electrons. The fourth-order valence-electron chi connectivity index (χ4n) is 2.67. The second-order valence-electron chi connectivity index (χ2n) is 5.48. The van der Waals surface area contributed by atoms with Crippen LogP contribution in [0.1, 0.15) is 24.8 Å². The smallest absolute Gasteiger partial charge is 0.286 e. The van der Waals surface area contributed by atoms with Crippen LogP contribution in [0.15, 0.2) is 29.2 Å². The van der Waals surface area contributed by atoms with E-state index in [-0.39, 0.29) is 17.0 Å². The third-order valence-electron chi connectivity index (χ3n) is 3.81. The minimum atomic E-state index is -0.360. The molecule has 22 heavy (non-hydrogen) atoms. The van der Waals surface area contributed by atoms with Crippen LogP contribution in [-0.2, 0) is 4.79 Å². The topological polar surface area (TPSA) is 40.6 Å². The Morgan fingerprint density at radius 1 is 1.18 bits per heavy atom. The van der Waals surface area contributed by atoms with Crippen LogP contribution in [0.25, 0.3) is 6.08 Å². The Hall–Kier alpha value is -1.66. The predicted molar refractivity (Wildman–Crippen MR) is 84.5 cm³/mol. The van der Waals surface area contributed by atoms with E-state index >= 15 is 0 Å². The standard InChI is InChI=1S/C16H17FN2O2S/c17-13-6-4-5-12(9-13)10-14-15(20)19(16(21)22-14)11-18-7-2-1-3-8-18/h4-6,9-10H,1-3,7-8,11H2/b14-10+. The second-order valence-corrected chi connectivity index (χ2v) is 6.48. The number of amides is 2. The summed E-state index contributed by atoms with van der Waals surface area (Å²) in [7, 11) is 0. The molecular weight excluding hydrogens is 303 g/mol. The number of carbonyl (C=O) groups excluding carboxylic acids is 2. The number of hydrogen-bond acceptors (Lipinski definition) is 4. The Balaban J connectivity index is 1.73. The monoisotopic (exact) mass is 320 g/mol. The molecule has 2 amide bonds. The average Bonchev–Trinajstić information content (AvgIpc) is 2.76. The Morgan fingerprint density at radius 2 is 1.95 bits per heavy atom. The van der Waals surface area contributed by atoms with Gasteiger partial charge in [-0.05, 0) is 61.5 Å². The fourth-order valence-corrected chi connectivity index (χ4v) is 3.50. The van der Waals surface area contributed by atoms with Crippen molar-refractivity contribution in [1.29, 1.82) is 0 Å². The third kappa shape index (κ3) is 3.39. The highest BCUT2D eigenvalue weighted by atomic mass is 32.2. The van der Waals surface area contributed by atoms with Gasteiger partial charge in [-0.25, -0.2) is 4.39 Å². The van der Waals surface area contributed by atoms with Crippen molar-refractivity contribution in [2.24, 2.45) is 0 Å². The van der Waals surface area contributed by atoms with Crippen LogP contribution in [0.3, 0.4) is 0 Å². The molecule has 4 nitrogen and oxygen atoms in total.